The number of nitrogens with zero attached hydrogens (tertiary/aromatic N) is 1. The molecule has 1 aliphatic carbocycles. The topological polar surface area (TPSA) is 12.9 Å². The van der Waals surface area contributed by atoms with E-state index in [1.807, 2.05) is 11.3 Å². The maximum Gasteiger partial charge on any atom is 0.103 e. The Balaban J connectivity index is 1.79. The summed E-state index contributed by atoms with van der Waals surface area (Å²) in [6, 6.07) is 0. The van der Waals surface area contributed by atoms with Crippen LogP contribution >= 0.6 is 23.1 Å². The van der Waals surface area contributed by atoms with E-state index < -0.39 is 0 Å². The predicted octanol–water partition coefficient (Wildman–Crippen LogP) is 4.83. The van der Waals surface area contributed by atoms with Gasteiger partial charge in [0.1, 0.15) is 5.01 Å². The lowest BCUT2D eigenvalue weighted by molar-refractivity contribution is 0.516. The van der Waals surface area contributed by atoms with Crippen LogP contribution in [0.1, 0.15) is 61.8 Å². The smallest absolute Gasteiger partial charge is 0.103 e. The molecular weight excluding hydrogens is 234 g/mol. The Hall–Kier alpha value is -0.0200. The van der Waals surface area contributed by atoms with Crippen molar-refractivity contribution < 1.29 is 0 Å². The van der Waals surface area contributed by atoms with Crippen LogP contribution in [0.25, 0.3) is 0 Å². The highest BCUT2D eigenvalue weighted by Crippen LogP contribution is 2.32. The molecule has 0 saturated heterocycles. The van der Waals surface area contributed by atoms with Crippen LogP contribution in [0.3, 0.4) is 0 Å². The molecular formula is C13H21NS2. The van der Waals surface area contributed by atoms with Gasteiger partial charge < -0.3 is 0 Å². The van der Waals surface area contributed by atoms with Gasteiger partial charge in [0, 0.05) is 22.1 Å². The van der Waals surface area contributed by atoms with Crippen molar-refractivity contribution in [2.75, 3.05) is 0 Å². The molecule has 0 bridgehead atoms. The minimum atomic E-state index is 0.630. The summed E-state index contributed by atoms with van der Waals surface area (Å²) in [7, 11) is 0. The van der Waals surface area contributed by atoms with Gasteiger partial charge in [-0.2, -0.15) is 11.8 Å². The minimum Gasteiger partial charge on any atom is -0.249 e. The molecule has 1 aromatic rings. The molecule has 0 N–H and O–H groups in total. The zero-order chi connectivity index (χ0) is 11.4. The summed E-state index contributed by atoms with van der Waals surface area (Å²) in [5, 5.41) is 2.22. The van der Waals surface area contributed by atoms with E-state index in [2.05, 4.69) is 36.8 Å². The maximum absolute atomic E-state index is 4.52. The van der Waals surface area contributed by atoms with Gasteiger partial charge in [-0.05, 0) is 18.8 Å². The molecule has 0 unspecified atom stereocenters. The first-order valence-electron chi connectivity index (χ1n) is 6.32. The monoisotopic (exact) mass is 255 g/mol. The van der Waals surface area contributed by atoms with E-state index in [1.165, 1.54) is 42.0 Å². The van der Waals surface area contributed by atoms with E-state index >= 15 is 0 Å². The molecule has 1 aromatic heterocycles. The van der Waals surface area contributed by atoms with Crippen LogP contribution in [0.4, 0.5) is 0 Å². The van der Waals surface area contributed by atoms with Crippen molar-refractivity contribution >= 4 is 23.1 Å². The van der Waals surface area contributed by atoms with Gasteiger partial charge in [-0.25, -0.2) is 4.98 Å². The Labute approximate surface area is 107 Å². The fourth-order valence-corrected chi connectivity index (χ4v) is 4.36. The van der Waals surface area contributed by atoms with Gasteiger partial charge in [-0.3, -0.25) is 0 Å². The minimum absolute atomic E-state index is 0.630. The van der Waals surface area contributed by atoms with E-state index in [0.717, 1.165) is 11.0 Å². The summed E-state index contributed by atoms with van der Waals surface area (Å²) >= 11 is 4.02. The van der Waals surface area contributed by atoms with Gasteiger partial charge in [0.2, 0.25) is 0 Å². The molecule has 0 amide bonds. The second-order valence-electron chi connectivity index (χ2n) is 4.88. The fraction of sp³-hybridized carbons (Fsp3) is 0.769. The summed E-state index contributed by atoms with van der Waals surface area (Å²) in [5.74, 6) is 1.76. The third-order valence-electron chi connectivity index (χ3n) is 3.14. The highest BCUT2D eigenvalue weighted by Gasteiger charge is 2.14. The molecule has 0 aliphatic heterocycles. The first-order chi connectivity index (χ1) is 7.75. The molecule has 1 aliphatic rings. The third-order valence-corrected chi connectivity index (χ3v) is 6.00. The van der Waals surface area contributed by atoms with E-state index in [4.69, 9.17) is 0 Å². The number of thioether (sulfide) groups is 1. The molecule has 1 heterocycles. The Morgan fingerprint density at radius 3 is 2.75 bits per heavy atom. The molecule has 0 spiro atoms. The van der Waals surface area contributed by atoms with Crippen molar-refractivity contribution in [3.63, 3.8) is 0 Å². The molecule has 16 heavy (non-hydrogen) atoms. The summed E-state index contributed by atoms with van der Waals surface area (Å²) < 4.78 is 0. The van der Waals surface area contributed by atoms with Gasteiger partial charge in [0.15, 0.2) is 0 Å². The largest absolute Gasteiger partial charge is 0.249 e. The van der Waals surface area contributed by atoms with E-state index in [1.54, 1.807) is 0 Å². The van der Waals surface area contributed by atoms with Crippen molar-refractivity contribution in [1.82, 2.24) is 4.98 Å². The zero-order valence-electron chi connectivity index (χ0n) is 10.2. The predicted molar refractivity (Wildman–Crippen MR) is 74.4 cm³/mol. The molecule has 1 saturated carbocycles. The van der Waals surface area contributed by atoms with Gasteiger partial charge in [0.05, 0.1) is 0 Å². The summed E-state index contributed by atoms with van der Waals surface area (Å²) in [4.78, 5) is 5.95. The molecule has 2 rings (SSSR count). The molecule has 1 fully saturated rings. The quantitative estimate of drug-likeness (QED) is 0.764. The summed E-state index contributed by atoms with van der Waals surface area (Å²) in [5.41, 5.74) is 0. The maximum atomic E-state index is 4.52. The summed E-state index contributed by atoms with van der Waals surface area (Å²) in [6.07, 6.45) is 9.23. The van der Waals surface area contributed by atoms with Gasteiger partial charge in [-0.1, -0.05) is 33.1 Å². The number of hydrogen-bond donors (Lipinski definition) is 0. The van der Waals surface area contributed by atoms with Gasteiger partial charge >= 0.3 is 0 Å². The van der Waals surface area contributed by atoms with Gasteiger partial charge in [0.25, 0.3) is 0 Å². The molecule has 3 heteroatoms. The average Bonchev–Trinajstić information content (AvgIpc) is 2.76. The number of aromatic nitrogens is 1. The van der Waals surface area contributed by atoms with Crippen LogP contribution in [0.2, 0.25) is 0 Å². The lowest BCUT2D eigenvalue weighted by Crippen LogP contribution is -2.07. The fourth-order valence-electron chi connectivity index (χ4n) is 2.08. The highest BCUT2D eigenvalue weighted by molar-refractivity contribution is 7.99. The Morgan fingerprint density at radius 1 is 1.38 bits per heavy atom. The first kappa shape index (κ1) is 12.4. The number of hydrogen-bond acceptors (Lipinski definition) is 3. The second kappa shape index (κ2) is 6.06. The lowest BCUT2D eigenvalue weighted by Gasteiger charge is -2.20. The van der Waals surface area contributed by atoms with Crippen molar-refractivity contribution in [2.24, 2.45) is 0 Å². The Morgan fingerprint density at radius 2 is 2.12 bits per heavy atom. The third kappa shape index (κ3) is 3.49. The molecule has 0 aromatic carbocycles. The zero-order valence-corrected chi connectivity index (χ0v) is 11.9. The highest BCUT2D eigenvalue weighted by atomic mass is 32.2. The van der Waals surface area contributed by atoms with E-state index in [-0.39, 0.29) is 0 Å². The van der Waals surface area contributed by atoms with Crippen LogP contribution in [-0.2, 0) is 5.75 Å². The van der Waals surface area contributed by atoms with Crippen molar-refractivity contribution in [2.45, 2.75) is 62.9 Å². The summed E-state index contributed by atoms with van der Waals surface area (Å²) in [6.45, 7) is 4.48. The van der Waals surface area contributed by atoms with Crippen molar-refractivity contribution in [3.8, 4) is 0 Å². The second-order valence-corrected chi connectivity index (χ2v) is 7.32. The normalized spacial score (nSPS) is 18.2. The van der Waals surface area contributed by atoms with Crippen molar-refractivity contribution in [3.05, 3.63) is 16.1 Å². The molecule has 0 atom stereocenters. The number of thiazole rings is 1. The average molecular weight is 255 g/mol. The van der Waals surface area contributed by atoms with E-state index in [0.29, 0.717) is 5.92 Å². The van der Waals surface area contributed by atoms with Crippen LogP contribution < -0.4 is 0 Å². The Bertz CT molecular complexity index is 313. The molecule has 1 nitrogen and oxygen atoms in total. The number of rotatable bonds is 4. The first-order valence-corrected chi connectivity index (χ1v) is 8.18. The Kier molecular flexibility index (Phi) is 4.71. The van der Waals surface area contributed by atoms with Crippen molar-refractivity contribution in [1.29, 1.82) is 0 Å². The lowest BCUT2D eigenvalue weighted by atomic mass is 10.0. The van der Waals surface area contributed by atoms with Gasteiger partial charge in [-0.15, -0.1) is 11.3 Å². The van der Waals surface area contributed by atoms with E-state index in [9.17, 15) is 0 Å². The molecule has 0 radical (unpaired) electrons. The molecule has 90 valence electrons. The standard InChI is InChI=1S/C13H21NS2/c1-10(2)12-8-14-13(16-12)9-15-11-6-4-3-5-7-11/h8,10-11H,3-7,9H2,1-2H3. The van der Waals surface area contributed by atoms with Crippen LogP contribution in [0.5, 0.6) is 0 Å². The van der Waals surface area contributed by atoms with Crippen LogP contribution in [0.15, 0.2) is 6.20 Å². The van der Waals surface area contributed by atoms with Crippen LogP contribution in [-0.4, -0.2) is 10.2 Å². The van der Waals surface area contributed by atoms with Crippen LogP contribution in [0, 0.1) is 0 Å². The SMILES string of the molecule is CC(C)c1cnc(CSC2CCCCC2)s1.